The molecule has 0 saturated heterocycles. The van der Waals surface area contributed by atoms with Crippen molar-refractivity contribution in [3.05, 3.63) is 29.7 Å². The fraction of sp³-hybridized carbons (Fsp3) is 0.471. The molecule has 0 radical (unpaired) electrons. The summed E-state index contributed by atoms with van der Waals surface area (Å²) < 4.78 is 19.9. The second-order valence-electron chi connectivity index (χ2n) is 6.72. The molecule has 3 saturated carbocycles. The Balaban J connectivity index is 1.69. The lowest BCUT2D eigenvalue weighted by atomic mass is 9.61. The van der Waals surface area contributed by atoms with Gasteiger partial charge in [-0.25, -0.2) is 9.37 Å². The molecule has 5 rings (SSSR count). The number of carboxylic acid groups (broad SMARTS) is 1. The minimum atomic E-state index is -0.845. The molecule has 0 aromatic carbocycles. The molecule has 6 nitrogen and oxygen atoms in total. The molecule has 2 bridgehead atoms. The third kappa shape index (κ3) is 2.86. The number of aromatic nitrogens is 2. The van der Waals surface area contributed by atoms with E-state index in [9.17, 15) is 14.3 Å². The zero-order valence-corrected chi connectivity index (χ0v) is 14.0. The Morgan fingerprint density at radius 3 is 2.64 bits per heavy atom. The number of fused-ring (bicyclic) bond motifs is 3. The van der Waals surface area contributed by atoms with Crippen LogP contribution in [0.4, 0.5) is 10.2 Å². The van der Waals surface area contributed by atoms with Crippen molar-refractivity contribution < 1.29 is 18.7 Å². The van der Waals surface area contributed by atoms with Gasteiger partial charge in [-0.1, -0.05) is 0 Å². The zero-order chi connectivity index (χ0) is 17.6. The van der Waals surface area contributed by atoms with Crippen molar-refractivity contribution >= 4 is 23.4 Å². The molecule has 25 heavy (non-hydrogen) atoms. The summed E-state index contributed by atoms with van der Waals surface area (Å²) in [6, 6.07) is 1.22. The summed E-state index contributed by atoms with van der Waals surface area (Å²) in [6.45, 7) is 0. The van der Waals surface area contributed by atoms with Crippen molar-refractivity contribution in [3.63, 3.8) is 0 Å². The van der Waals surface area contributed by atoms with E-state index >= 15 is 0 Å². The van der Waals surface area contributed by atoms with Gasteiger partial charge in [-0.2, -0.15) is 4.98 Å². The van der Waals surface area contributed by atoms with Crippen LogP contribution in [0.3, 0.4) is 0 Å². The van der Waals surface area contributed by atoms with Crippen LogP contribution >= 0.6 is 11.6 Å². The van der Waals surface area contributed by atoms with Gasteiger partial charge in [0.25, 0.3) is 0 Å². The van der Waals surface area contributed by atoms with Gasteiger partial charge in [0.05, 0.1) is 18.4 Å². The van der Waals surface area contributed by atoms with Crippen molar-refractivity contribution in [1.29, 1.82) is 0 Å². The van der Waals surface area contributed by atoms with Crippen LogP contribution < -0.4 is 5.32 Å². The zero-order valence-electron chi connectivity index (χ0n) is 13.3. The summed E-state index contributed by atoms with van der Waals surface area (Å²) >= 11 is 5.96. The number of aliphatic carboxylic acids is 1. The highest BCUT2D eigenvalue weighted by Crippen LogP contribution is 2.46. The number of furan rings is 1. The number of anilines is 1. The maximum atomic E-state index is 14.9. The lowest BCUT2D eigenvalue weighted by Crippen LogP contribution is -2.51. The third-order valence-electron chi connectivity index (χ3n) is 5.43. The summed E-state index contributed by atoms with van der Waals surface area (Å²) in [5.74, 6) is -1.79. The highest BCUT2D eigenvalue weighted by atomic mass is 35.5. The molecular weight excluding hydrogens is 349 g/mol. The Labute approximate surface area is 148 Å². The number of rotatable bonds is 4. The van der Waals surface area contributed by atoms with Crippen LogP contribution in [-0.4, -0.2) is 27.1 Å². The Morgan fingerprint density at radius 2 is 2.00 bits per heavy atom. The minimum absolute atomic E-state index is 0.0316. The lowest BCUT2D eigenvalue weighted by molar-refractivity contribution is -0.148. The largest absolute Gasteiger partial charge is 0.481 e. The average Bonchev–Trinajstić information content (AvgIpc) is 3.12. The van der Waals surface area contributed by atoms with Crippen molar-refractivity contribution in [2.45, 2.75) is 31.7 Å². The first-order valence-electron chi connectivity index (χ1n) is 8.29. The van der Waals surface area contributed by atoms with Gasteiger partial charge in [0.15, 0.2) is 11.6 Å². The summed E-state index contributed by atoms with van der Waals surface area (Å²) in [6.07, 6.45) is 6.50. The highest BCUT2D eigenvalue weighted by Gasteiger charge is 2.47. The first-order valence-corrected chi connectivity index (χ1v) is 8.67. The van der Waals surface area contributed by atoms with Crippen LogP contribution in [0.5, 0.6) is 0 Å². The van der Waals surface area contributed by atoms with E-state index in [-0.39, 0.29) is 34.7 Å². The van der Waals surface area contributed by atoms with E-state index < -0.39 is 17.7 Å². The molecule has 3 aliphatic carbocycles. The number of nitrogens with one attached hydrogen (secondary N) is 1. The number of nitrogens with zero attached hydrogens (tertiary/aromatic N) is 2. The van der Waals surface area contributed by atoms with Crippen LogP contribution in [0.25, 0.3) is 11.3 Å². The predicted molar refractivity (Wildman–Crippen MR) is 88.7 cm³/mol. The van der Waals surface area contributed by atoms with Crippen LogP contribution in [0, 0.1) is 23.6 Å². The molecule has 0 aliphatic heterocycles. The summed E-state index contributed by atoms with van der Waals surface area (Å²) in [5, 5.41) is 12.6. The quantitative estimate of drug-likeness (QED) is 0.800. The summed E-state index contributed by atoms with van der Waals surface area (Å²) in [4.78, 5) is 19.6. The lowest BCUT2D eigenvalue weighted by Gasteiger charge is -2.47. The van der Waals surface area contributed by atoms with Gasteiger partial charge in [0.2, 0.25) is 5.28 Å². The number of hydrogen-bond donors (Lipinski definition) is 2. The molecule has 132 valence electrons. The topological polar surface area (TPSA) is 88.2 Å². The van der Waals surface area contributed by atoms with Gasteiger partial charge in [-0.3, -0.25) is 4.79 Å². The van der Waals surface area contributed by atoms with E-state index in [1.54, 1.807) is 6.07 Å². The summed E-state index contributed by atoms with van der Waals surface area (Å²) in [5.41, 5.74) is 0.480. The number of carbonyl (C=O) groups is 1. The van der Waals surface area contributed by atoms with Crippen molar-refractivity contribution in [2.75, 3.05) is 5.32 Å². The molecule has 2 atom stereocenters. The van der Waals surface area contributed by atoms with E-state index in [2.05, 4.69) is 15.3 Å². The fourth-order valence-corrected chi connectivity index (χ4v) is 4.45. The minimum Gasteiger partial charge on any atom is -0.481 e. The maximum Gasteiger partial charge on any atom is 0.308 e. The molecule has 2 heterocycles. The Hall–Kier alpha value is -2.15. The van der Waals surface area contributed by atoms with Gasteiger partial charge in [-0.05, 0) is 55.2 Å². The van der Waals surface area contributed by atoms with E-state index in [4.69, 9.17) is 16.0 Å². The number of hydrogen-bond acceptors (Lipinski definition) is 5. The van der Waals surface area contributed by atoms with E-state index in [1.165, 1.54) is 12.5 Å². The second kappa shape index (κ2) is 6.29. The fourth-order valence-electron chi connectivity index (χ4n) is 4.28. The van der Waals surface area contributed by atoms with Crippen molar-refractivity contribution in [3.8, 4) is 11.3 Å². The van der Waals surface area contributed by atoms with Crippen LogP contribution in [0.2, 0.25) is 5.28 Å². The molecule has 2 aromatic heterocycles. The monoisotopic (exact) mass is 365 g/mol. The molecule has 2 N–H and O–H groups in total. The molecular formula is C17H17ClFN3O3. The first kappa shape index (κ1) is 16.3. The smallest absolute Gasteiger partial charge is 0.308 e. The van der Waals surface area contributed by atoms with Gasteiger partial charge >= 0.3 is 5.97 Å². The van der Waals surface area contributed by atoms with Gasteiger partial charge in [-0.15, -0.1) is 0 Å². The molecule has 2 aromatic rings. The number of carboxylic acids is 1. The summed E-state index contributed by atoms with van der Waals surface area (Å²) in [7, 11) is 0. The predicted octanol–water partition coefficient (Wildman–Crippen LogP) is 3.83. The second-order valence-corrected chi connectivity index (χ2v) is 7.06. The molecule has 0 amide bonds. The standard InChI is InChI=1S/C17H17ClFN3O3/c18-17-21-14(10-5-6-25-7-10)12(19)15(22-17)20-13-9-3-1-8(2-4-9)11(13)16(23)24/h5-9,11,13H,1-4H2,(H,23,24)(H,20,21,22). The highest BCUT2D eigenvalue weighted by molar-refractivity contribution is 6.28. The van der Waals surface area contributed by atoms with Crippen molar-refractivity contribution in [2.24, 2.45) is 17.8 Å². The Morgan fingerprint density at radius 1 is 1.28 bits per heavy atom. The van der Waals surface area contributed by atoms with E-state index in [0.29, 0.717) is 5.56 Å². The Kier molecular flexibility index (Phi) is 4.11. The van der Waals surface area contributed by atoms with Crippen LogP contribution in [0.1, 0.15) is 25.7 Å². The normalized spacial score (nSPS) is 28.1. The third-order valence-corrected chi connectivity index (χ3v) is 5.60. The average molecular weight is 366 g/mol. The maximum absolute atomic E-state index is 14.9. The molecule has 2 unspecified atom stereocenters. The van der Waals surface area contributed by atoms with Crippen molar-refractivity contribution in [1.82, 2.24) is 9.97 Å². The SMILES string of the molecule is O=C(O)C1C2CCC(CC2)C1Nc1nc(Cl)nc(-c2ccoc2)c1F. The molecule has 3 fully saturated rings. The van der Waals surface area contributed by atoms with Gasteiger partial charge in [0.1, 0.15) is 5.69 Å². The van der Waals surface area contributed by atoms with E-state index in [0.717, 1.165) is 25.7 Å². The van der Waals surface area contributed by atoms with Crippen LogP contribution in [-0.2, 0) is 4.79 Å². The van der Waals surface area contributed by atoms with Gasteiger partial charge < -0.3 is 14.8 Å². The molecule has 0 spiro atoms. The van der Waals surface area contributed by atoms with Gasteiger partial charge in [0, 0.05) is 11.6 Å². The molecule has 3 aliphatic rings. The Bertz CT molecular complexity index is 791. The van der Waals surface area contributed by atoms with Crippen LogP contribution in [0.15, 0.2) is 23.0 Å². The number of halogens is 2. The van der Waals surface area contributed by atoms with E-state index in [1.807, 2.05) is 0 Å². The molecule has 8 heteroatoms. The first-order chi connectivity index (χ1) is 12.0.